The van der Waals surface area contributed by atoms with Gasteiger partial charge in [0.1, 0.15) is 0 Å². The van der Waals surface area contributed by atoms with E-state index in [-0.39, 0.29) is 23.0 Å². The Hall–Kier alpha value is -2.12. The van der Waals surface area contributed by atoms with Gasteiger partial charge in [-0.05, 0) is 56.4 Å². The van der Waals surface area contributed by atoms with Gasteiger partial charge in [0.25, 0.3) is 0 Å². The maximum atomic E-state index is 13.5. The fourth-order valence-electron chi connectivity index (χ4n) is 8.21. The van der Waals surface area contributed by atoms with Crippen molar-refractivity contribution in [1.82, 2.24) is 19.6 Å². The van der Waals surface area contributed by atoms with Crippen LogP contribution in [0.1, 0.15) is 78.2 Å². The van der Waals surface area contributed by atoms with E-state index in [1.54, 1.807) is 7.11 Å². The first-order valence-corrected chi connectivity index (χ1v) is 15.2. The molecule has 7 heteroatoms. The van der Waals surface area contributed by atoms with Crippen LogP contribution in [0.25, 0.3) is 0 Å². The van der Waals surface area contributed by atoms with Crippen LogP contribution in [0.15, 0.2) is 30.3 Å². The maximum absolute atomic E-state index is 13.5. The third-order valence-electron chi connectivity index (χ3n) is 9.71. The van der Waals surface area contributed by atoms with Gasteiger partial charge in [0.15, 0.2) is 0 Å². The molecule has 4 aliphatic rings. The molecule has 2 bridgehead atoms. The Morgan fingerprint density at radius 2 is 1.74 bits per heavy atom. The monoisotopic (exact) mass is 538 g/mol. The van der Waals surface area contributed by atoms with E-state index in [2.05, 4.69) is 79.7 Å². The minimum absolute atomic E-state index is 0.00412. The molecule has 7 nitrogen and oxygen atoms in total. The van der Waals surface area contributed by atoms with Crippen molar-refractivity contribution in [2.45, 2.75) is 96.3 Å². The molecule has 0 aromatic heterocycles. The van der Waals surface area contributed by atoms with Gasteiger partial charge in [-0.1, -0.05) is 51.1 Å². The van der Waals surface area contributed by atoms with Gasteiger partial charge in [-0.2, -0.15) is 0 Å². The largest absolute Gasteiger partial charge is 0.383 e. The molecule has 0 N–H and O–H groups in total. The number of urea groups is 1. The zero-order valence-corrected chi connectivity index (χ0v) is 25.1. The minimum atomic E-state index is -0.0788. The van der Waals surface area contributed by atoms with Gasteiger partial charge in [0, 0.05) is 70.3 Å². The van der Waals surface area contributed by atoms with Crippen molar-refractivity contribution in [3.8, 4) is 0 Å². The smallest absolute Gasteiger partial charge is 0.320 e. The van der Waals surface area contributed by atoms with Crippen molar-refractivity contribution >= 4 is 11.9 Å². The van der Waals surface area contributed by atoms with Crippen molar-refractivity contribution in [3.05, 3.63) is 35.9 Å². The lowest BCUT2D eigenvalue weighted by molar-refractivity contribution is -0.132. The van der Waals surface area contributed by atoms with Gasteiger partial charge in [-0.25, -0.2) is 4.79 Å². The van der Waals surface area contributed by atoms with Crippen LogP contribution in [0.3, 0.4) is 0 Å². The normalized spacial score (nSPS) is 31.4. The summed E-state index contributed by atoms with van der Waals surface area (Å²) in [5.41, 5.74) is 1.27. The molecule has 2 unspecified atom stereocenters. The zero-order chi connectivity index (χ0) is 27.9. The highest BCUT2D eigenvalue weighted by molar-refractivity contribution is 5.79. The van der Waals surface area contributed by atoms with Crippen molar-refractivity contribution in [3.63, 3.8) is 0 Å². The molecule has 4 atom stereocenters. The second-order valence-electron chi connectivity index (χ2n) is 14.2. The first-order valence-electron chi connectivity index (χ1n) is 15.2. The number of methoxy groups -OCH3 is 1. The molecule has 0 radical (unpaired) electrons. The number of piperidine rings is 1. The molecule has 4 aliphatic heterocycles. The lowest BCUT2D eigenvalue weighted by atomic mass is 9.80. The lowest BCUT2D eigenvalue weighted by Crippen LogP contribution is -2.60. The van der Waals surface area contributed by atoms with Gasteiger partial charge in [-0.3, -0.25) is 9.69 Å². The highest BCUT2D eigenvalue weighted by atomic mass is 16.5. The predicted molar refractivity (Wildman–Crippen MR) is 155 cm³/mol. The number of amides is 3. The average Bonchev–Trinajstić information content (AvgIpc) is 3.48. The van der Waals surface area contributed by atoms with Crippen LogP contribution in [0.5, 0.6) is 0 Å². The molecule has 0 aliphatic carbocycles. The Morgan fingerprint density at radius 3 is 2.33 bits per heavy atom. The quantitative estimate of drug-likeness (QED) is 0.476. The van der Waals surface area contributed by atoms with E-state index in [1.165, 1.54) is 18.4 Å². The number of nitrogens with zero attached hydrogens (tertiary/aromatic N) is 4. The fraction of sp³-hybridized carbons (Fsp3) is 0.750. The molecular formula is C32H50N4O3. The summed E-state index contributed by atoms with van der Waals surface area (Å²) in [6, 6.07) is 12.2. The number of ether oxygens (including phenoxy) is 1. The minimum Gasteiger partial charge on any atom is -0.383 e. The van der Waals surface area contributed by atoms with Crippen LogP contribution in [0.2, 0.25) is 0 Å². The molecule has 3 amide bonds. The van der Waals surface area contributed by atoms with Gasteiger partial charge >= 0.3 is 6.03 Å². The molecule has 1 aromatic carbocycles. The molecular weight excluding hydrogens is 488 g/mol. The van der Waals surface area contributed by atoms with Gasteiger partial charge < -0.3 is 19.4 Å². The third kappa shape index (κ3) is 5.72. The molecule has 4 fully saturated rings. The van der Waals surface area contributed by atoms with Crippen molar-refractivity contribution < 1.29 is 14.3 Å². The van der Waals surface area contributed by atoms with E-state index < -0.39 is 0 Å². The topological polar surface area (TPSA) is 56.3 Å². The highest BCUT2D eigenvalue weighted by Crippen LogP contribution is 2.48. The Bertz CT molecular complexity index is 1010. The number of carbonyl (C=O) groups is 2. The van der Waals surface area contributed by atoms with E-state index in [0.717, 1.165) is 39.0 Å². The first-order chi connectivity index (χ1) is 18.5. The van der Waals surface area contributed by atoms with E-state index in [4.69, 9.17) is 4.74 Å². The summed E-state index contributed by atoms with van der Waals surface area (Å²) < 4.78 is 5.32. The number of rotatable bonds is 8. The summed E-state index contributed by atoms with van der Waals surface area (Å²) in [6.45, 7) is 15.6. The third-order valence-corrected chi connectivity index (χ3v) is 9.71. The standard InChI is InChI=1S/C32H50N4O3/c1-23(2)36-30(38)33(14-15-39-6)22-32(36)16-26-12-13-27(17-32)35(26)20-25-19-34(29(37)18-31(3,4)5)21-28(25)24-10-8-7-9-11-24/h7-11,23,25-28H,12-22H2,1-6H3/t25-,26?,27?,28-,32?/m1/s1. The number of hydrogen-bond donors (Lipinski definition) is 0. The molecule has 5 rings (SSSR count). The van der Waals surface area contributed by atoms with Crippen LogP contribution in [0, 0.1) is 11.3 Å². The van der Waals surface area contributed by atoms with E-state index >= 15 is 0 Å². The zero-order valence-electron chi connectivity index (χ0n) is 25.1. The number of benzene rings is 1. The summed E-state index contributed by atoms with van der Waals surface area (Å²) in [7, 11) is 1.71. The Morgan fingerprint density at radius 1 is 1.08 bits per heavy atom. The Balaban J connectivity index is 1.33. The van der Waals surface area contributed by atoms with Crippen molar-refractivity contribution in [2.75, 3.05) is 46.4 Å². The number of carbonyl (C=O) groups excluding carboxylic acids is 2. The lowest BCUT2D eigenvalue weighted by Gasteiger charge is -2.50. The summed E-state index contributed by atoms with van der Waals surface area (Å²) in [6.07, 6.45) is 5.11. The van der Waals surface area contributed by atoms with Crippen LogP contribution in [-0.2, 0) is 9.53 Å². The van der Waals surface area contributed by atoms with E-state index in [1.807, 2.05) is 4.90 Å². The molecule has 1 aromatic rings. The van der Waals surface area contributed by atoms with Crippen LogP contribution >= 0.6 is 0 Å². The van der Waals surface area contributed by atoms with Crippen LogP contribution in [-0.4, -0.2) is 102 Å². The SMILES string of the molecule is COCCN1CC2(CC3CCC(C2)N3C[C@H]2CN(C(=O)CC(C)(C)C)C[C@@H]2c2ccccc2)N(C(C)C)C1=O. The molecule has 39 heavy (non-hydrogen) atoms. The van der Waals surface area contributed by atoms with Gasteiger partial charge in [0.05, 0.1) is 12.1 Å². The van der Waals surface area contributed by atoms with Gasteiger partial charge in [0.2, 0.25) is 5.91 Å². The number of fused-ring (bicyclic) bond motifs is 2. The van der Waals surface area contributed by atoms with E-state index in [0.29, 0.717) is 49.4 Å². The van der Waals surface area contributed by atoms with Gasteiger partial charge in [-0.15, -0.1) is 0 Å². The van der Waals surface area contributed by atoms with E-state index in [9.17, 15) is 9.59 Å². The fourth-order valence-corrected chi connectivity index (χ4v) is 8.21. The second-order valence-corrected chi connectivity index (χ2v) is 14.2. The van der Waals surface area contributed by atoms with Crippen molar-refractivity contribution in [2.24, 2.45) is 11.3 Å². The first kappa shape index (κ1) is 28.4. The number of hydrogen-bond acceptors (Lipinski definition) is 4. The molecule has 4 heterocycles. The summed E-state index contributed by atoms with van der Waals surface area (Å²) >= 11 is 0. The van der Waals surface area contributed by atoms with Crippen LogP contribution in [0.4, 0.5) is 4.79 Å². The summed E-state index contributed by atoms with van der Waals surface area (Å²) in [5.74, 6) is 1.09. The Kier molecular flexibility index (Phi) is 8.04. The maximum Gasteiger partial charge on any atom is 0.320 e. The molecule has 1 spiro atoms. The summed E-state index contributed by atoms with van der Waals surface area (Å²) in [5, 5.41) is 0. The molecule has 216 valence electrons. The second kappa shape index (κ2) is 11.0. The highest BCUT2D eigenvalue weighted by Gasteiger charge is 2.58. The summed E-state index contributed by atoms with van der Waals surface area (Å²) in [4.78, 5) is 35.9. The van der Waals surface area contributed by atoms with Crippen molar-refractivity contribution in [1.29, 1.82) is 0 Å². The van der Waals surface area contributed by atoms with Crippen LogP contribution < -0.4 is 0 Å². The Labute approximate surface area is 235 Å². The molecule has 0 saturated carbocycles. The number of likely N-dealkylation sites (tertiary alicyclic amines) is 1. The average molecular weight is 539 g/mol. The molecule has 4 saturated heterocycles. The predicted octanol–water partition coefficient (Wildman–Crippen LogP) is 4.82.